The third kappa shape index (κ3) is 3.29. The first-order chi connectivity index (χ1) is 17.3. The van der Waals surface area contributed by atoms with Gasteiger partial charge in [-0.25, -0.2) is 0 Å². The van der Waals surface area contributed by atoms with Gasteiger partial charge in [0.05, 0.1) is 11.2 Å². The van der Waals surface area contributed by atoms with E-state index < -0.39 is 0 Å². The van der Waals surface area contributed by atoms with Gasteiger partial charge >= 0.3 is 7.12 Å². The summed E-state index contributed by atoms with van der Waals surface area (Å²) in [7, 11) is -0.355. The number of benzene rings is 5. The molecule has 6 aromatic rings. The number of fused-ring (bicyclic) bond motifs is 5. The molecule has 0 atom stereocenters. The van der Waals surface area contributed by atoms with Crippen LogP contribution in [-0.4, -0.2) is 18.3 Å². The van der Waals surface area contributed by atoms with E-state index in [1.807, 2.05) is 0 Å². The second-order valence-corrected chi connectivity index (χ2v) is 10.9. The van der Waals surface area contributed by atoms with E-state index in [9.17, 15) is 0 Å². The smallest absolute Gasteiger partial charge is 0.456 e. The zero-order chi connectivity index (χ0) is 24.7. The van der Waals surface area contributed by atoms with Crippen molar-refractivity contribution in [3.05, 3.63) is 91.0 Å². The van der Waals surface area contributed by atoms with E-state index in [0.29, 0.717) is 0 Å². The molecule has 36 heavy (non-hydrogen) atoms. The summed E-state index contributed by atoms with van der Waals surface area (Å²) in [5.74, 6) is 0. The number of furan rings is 1. The Labute approximate surface area is 210 Å². The van der Waals surface area contributed by atoms with Gasteiger partial charge in [0, 0.05) is 10.8 Å². The zero-order valence-electron chi connectivity index (χ0n) is 21.0. The summed E-state index contributed by atoms with van der Waals surface area (Å²) >= 11 is 0. The van der Waals surface area contributed by atoms with Crippen molar-refractivity contribution in [3.63, 3.8) is 0 Å². The van der Waals surface area contributed by atoms with Gasteiger partial charge in [-0.15, -0.1) is 0 Å². The first kappa shape index (κ1) is 21.7. The minimum absolute atomic E-state index is 0.349. The van der Waals surface area contributed by atoms with Gasteiger partial charge in [0.1, 0.15) is 11.2 Å². The van der Waals surface area contributed by atoms with Crippen LogP contribution in [0.3, 0.4) is 0 Å². The van der Waals surface area contributed by atoms with E-state index in [0.717, 1.165) is 33.0 Å². The average molecular weight is 470 g/mol. The summed E-state index contributed by atoms with van der Waals surface area (Å²) in [6, 6.07) is 32.3. The molecule has 3 nitrogen and oxygen atoms in total. The number of rotatable bonds is 2. The molecule has 1 fully saturated rings. The van der Waals surface area contributed by atoms with E-state index in [1.54, 1.807) is 0 Å². The SMILES string of the molecule is CC1(C)OB(c2ccc3cc(-c4ccc5c(c4)oc4cc6ccccc6cc45)ccc3c2)OC1(C)C. The highest BCUT2D eigenvalue weighted by Crippen LogP contribution is 2.37. The topological polar surface area (TPSA) is 31.6 Å². The van der Waals surface area contributed by atoms with Gasteiger partial charge in [0.15, 0.2) is 0 Å². The maximum atomic E-state index is 6.29. The van der Waals surface area contributed by atoms with Crippen LogP contribution in [0.1, 0.15) is 27.7 Å². The molecule has 1 aliphatic heterocycles. The van der Waals surface area contributed by atoms with Gasteiger partial charge in [-0.2, -0.15) is 0 Å². The van der Waals surface area contributed by atoms with Gasteiger partial charge in [-0.1, -0.05) is 60.7 Å². The lowest BCUT2D eigenvalue weighted by atomic mass is 9.78. The van der Waals surface area contributed by atoms with Crippen molar-refractivity contribution in [1.82, 2.24) is 0 Å². The molecule has 0 unspecified atom stereocenters. The van der Waals surface area contributed by atoms with Crippen molar-refractivity contribution in [2.45, 2.75) is 38.9 Å². The molecule has 0 radical (unpaired) electrons. The third-order valence-corrected chi connectivity index (χ3v) is 8.06. The fraction of sp³-hybridized carbons (Fsp3) is 0.188. The quantitative estimate of drug-likeness (QED) is 0.242. The van der Waals surface area contributed by atoms with Gasteiger partial charge < -0.3 is 13.7 Å². The molecular weight excluding hydrogens is 443 g/mol. The van der Waals surface area contributed by atoms with E-state index >= 15 is 0 Å². The highest BCUT2D eigenvalue weighted by atomic mass is 16.7. The normalized spacial score (nSPS) is 17.1. The summed E-state index contributed by atoms with van der Waals surface area (Å²) in [5.41, 5.74) is 4.49. The fourth-order valence-electron chi connectivity index (χ4n) is 5.21. The van der Waals surface area contributed by atoms with E-state index in [-0.39, 0.29) is 18.3 Å². The molecule has 0 N–H and O–H groups in total. The Morgan fingerprint density at radius 2 is 1.11 bits per heavy atom. The minimum Gasteiger partial charge on any atom is -0.456 e. The average Bonchev–Trinajstić information content (AvgIpc) is 3.33. The van der Waals surface area contributed by atoms with E-state index in [4.69, 9.17) is 13.7 Å². The van der Waals surface area contributed by atoms with Crippen molar-refractivity contribution >= 4 is 56.1 Å². The summed E-state index contributed by atoms with van der Waals surface area (Å²) in [6.07, 6.45) is 0. The predicted octanol–water partition coefficient (Wildman–Crippen LogP) is 7.86. The van der Waals surface area contributed by atoms with E-state index in [1.165, 1.54) is 27.1 Å². The number of hydrogen-bond acceptors (Lipinski definition) is 3. The Hall–Kier alpha value is -3.60. The molecular formula is C32H27BO3. The van der Waals surface area contributed by atoms with Gasteiger partial charge in [0.2, 0.25) is 0 Å². The first-order valence-electron chi connectivity index (χ1n) is 12.5. The zero-order valence-corrected chi connectivity index (χ0v) is 21.0. The second-order valence-electron chi connectivity index (χ2n) is 10.9. The summed E-state index contributed by atoms with van der Waals surface area (Å²) in [6.45, 7) is 8.34. The van der Waals surface area contributed by atoms with Crippen LogP contribution in [0.4, 0.5) is 0 Å². The van der Waals surface area contributed by atoms with Gasteiger partial charge in [0.25, 0.3) is 0 Å². The molecule has 0 amide bonds. The van der Waals surface area contributed by atoms with Gasteiger partial charge in [-0.3, -0.25) is 0 Å². The standard InChI is InChI=1S/C32H27BO3/c1-31(2)32(3,4)36-33(35-31)26-13-11-23-15-22(9-10-24(23)16-26)25-12-14-27-28-17-20-7-5-6-8-21(20)18-30(28)34-29(27)19-25/h5-19H,1-4H3. The molecule has 1 aromatic heterocycles. The number of hydrogen-bond donors (Lipinski definition) is 0. The van der Waals surface area contributed by atoms with Crippen LogP contribution in [0.2, 0.25) is 0 Å². The molecule has 7 rings (SSSR count). The summed E-state index contributed by atoms with van der Waals surface area (Å²) < 4.78 is 18.8. The second kappa shape index (κ2) is 7.46. The lowest BCUT2D eigenvalue weighted by Gasteiger charge is -2.32. The Kier molecular flexibility index (Phi) is 4.49. The predicted molar refractivity (Wildman–Crippen MR) is 150 cm³/mol. The monoisotopic (exact) mass is 470 g/mol. The minimum atomic E-state index is -0.355. The first-order valence-corrected chi connectivity index (χ1v) is 12.5. The van der Waals surface area contributed by atoms with Gasteiger partial charge in [-0.05, 0) is 96.2 Å². The lowest BCUT2D eigenvalue weighted by molar-refractivity contribution is 0.00578. The molecule has 1 saturated heterocycles. The Balaban J connectivity index is 1.26. The molecule has 4 heteroatoms. The molecule has 1 aliphatic rings. The van der Waals surface area contributed by atoms with Crippen molar-refractivity contribution < 1.29 is 13.7 Å². The Morgan fingerprint density at radius 3 is 1.89 bits per heavy atom. The fourth-order valence-corrected chi connectivity index (χ4v) is 5.21. The van der Waals surface area contributed by atoms with Crippen molar-refractivity contribution in [2.75, 3.05) is 0 Å². The Bertz CT molecular complexity index is 1800. The molecule has 2 heterocycles. The molecule has 0 spiro atoms. The van der Waals surface area contributed by atoms with Crippen LogP contribution in [0.25, 0.3) is 54.6 Å². The van der Waals surface area contributed by atoms with E-state index in [2.05, 4.69) is 119 Å². The molecule has 5 aromatic carbocycles. The third-order valence-electron chi connectivity index (χ3n) is 8.06. The van der Waals surface area contributed by atoms with Crippen LogP contribution < -0.4 is 5.46 Å². The van der Waals surface area contributed by atoms with Crippen LogP contribution in [0, 0.1) is 0 Å². The summed E-state index contributed by atoms with van der Waals surface area (Å²) in [4.78, 5) is 0. The largest absolute Gasteiger partial charge is 0.494 e. The van der Waals surface area contributed by atoms with Crippen LogP contribution in [0.5, 0.6) is 0 Å². The Morgan fingerprint density at radius 1 is 0.528 bits per heavy atom. The molecule has 0 aliphatic carbocycles. The highest BCUT2D eigenvalue weighted by molar-refractivity contribution is 6.62. The molecule has 176 valence electrons. The van der Waals surface area contributed by atoms with Crippen LogP contribution in [-0.2, 0) is 9.31 Å². The lowest BCUT2D eigenvalue weighted by Crippen LogP contribution is -2.41. The van der Waals surface area contributed by atoms with Crippen LogP contribution >= 0.6 is 0 Å². The van der Waals surface area contributed by atoms with Crippen molar-refractivity contribution in [3.8, 4) is 11.1 Å². The molecule has 0 saturated carbocycles. The molecule has 0 bridgehead atoms. The maximum absolute atomic E-state index is 6.29. The highest BCUT2D eigenvalue weighted by Gasteiger charge is 2.51. The van der Waals surface area contributed by atoms with Crippen molar-refractivity contribution in [1.29, 1.82) is 0 Å². The maximum Gasteiger partial charge on any atom is 0.494 e. The summed E-state index contributed by atoms with van der Waals surface area (Å²) in [5, 5.41) is 7.08. The van der Waals surface area contributed by atoms with Crippen molar-refractivity contribution in [2.24, 2.45) is 0 Å². The van der Waals surface area contributed by atoms with Crippen LogP contribution in [0.15, 0.2) is 95.4 Å².